The molecule has 3 saturated heterocycles. The van der Waals surface area contributed by atoms with E-state index in [1.54, 1.807) is 6.33 Å². The maximum absolute atomic E-state index is 12.3. The lowest BCUT2D eigenvalue weighted by atomic mass is 9.89. The third-order valence-corrected chi connectivity index (χ3v) is 11.8. The smallest absolute Gasteiger partial charge is 0.234 e. The van der Waals surface area contributed by atoms with Gasteiger partial charge in [0.15, 0.2) is 5.65 Å². The highest BCUT2D eigenvalue weighted by atomic mass is 16.5. The minimum absolute atomic E-state index is 0.173. The Balaban J connectivity index is 0.779. The van der Waals surface area contributed by atoms with E-state index in [1.165, 1.54) is 5.69 Å². The summed E-state index contributed by atoms with van der Waals surface area (Å²) in [4.78, 5) is 40.6. The van der Waals surface area contributed by atoms with Crippen molar-refractivity contribution in [2.45, 2.75) is 62.6 Å². The van der Waals surface area contributed by atoms with Crippen molar-refractivity contribution in [1.29, 1.82) is 0 Å². The Hall–Kier alpha value is -5.33. The first-order valence-electron chi connectivity index (χ1n) is 19.0. The number of hydrogen-bond acceptors (Lipinski definition) is 10. The van der Waals surface area contributed by atoms with E-state index in [1.807, 2.05) is 54.6 Å². The molecule has 12 nitrogen and oxygen atoms in total. The van der Waals surface area contributed by atoms with Crippen molar-refractivity contribution >= 4 is 34.4 Å². The number of nitrogens with zero attached hydrogens (tertiary/aromatic N) is 7. The van der Waals surface area contributed by atoms with Crippen LogP contribution in [0.1, 0.15) is 56.0 Å². The number of carbonyl (C=O) groups excluding carboxylic acids is 2. The Morgan fingerprint density at radius 1 is 0.717 bits per heavy atom. The van der Waals surface area contributed by atoms with Crippen molar-refractivity contribution in [3.05, 3.63) is 90.8 Å². The molecule has 4 aliphatic rings. The molecule has 3 aromatic carbocycles. The predicted molar refractivity (Wildman–Crippen MR) is 204 cm³/mol. The van der Waals surface area contributed by atoms with E-state index in [0.717, 1.165) is 104 Å². The molecule has 4 fully saturated rings. The number of carbonyl (C=O) groups is 2. The molecule has 1 saturated carbocycles. The van der Waals surface area contributed by atoms with Crippen molar-refractivity contribution in [2.75, 3.05) is 49.9 Å². The Kier molecular flexibility index (Phi) is 9.00. The minimum Gasteiger partial charge on any atom is -0.457 e. The molecule has 0 radical (unpaired) electrons. The molecule has 1 atom stereocenters. The van der Waals surface area contributed by atoms with Gasteiger partial charge in [0.2, 0.25) is 11.8 Å². The van der Waals surface area contributed by atoms with E-state index >= 15 is 0 Å². The number of piperazine rings is 1. The van der Waals surface area contributed by atoms with Crippen molar-refractivity contribution < 1.29 is 14.3 Å². The summed E-state index contributed by atoms with van der Waals surface area (Å²) < 4.78 is 8.12. The van der Waals surface area contributed by atoms with Gasteiger partial charge in [-0.15, -0.1) is 0 Å². The highest BCUT2D eigenvalue weighted by Gasteiger charge is 2.36. The van der Waals surface area contributed by atoms with Gasteiger partial charge in [-0.05, 0) is 86.2 Å². The number of nitrogens with two attached hydrogens (primary N) is 1. The van der Waals surface area contributed by atoms with Gasteiger partial charge in [0.1, 0.15) is 29.3 Å². The number of imide groups is 1. The number of nitrogens with one attached hydrogen (secondary N) is 1. The van der Waals surface area contributed by atoms with Gasteiger partial charge in [0, 0.05) is 69.0 Å². The number of aromatic nitrogens is 4. The van der Waals surface area contributed by atoms with E-state index < -0.39 is 0 Å². The third-order valence-electron chi connectivity index (χ3n) is 11.8. The molecule has 1 aliphatic carbocycles. The highest BCUT2D eigenvalue weighted by Crippen LogP contribution is 2.38. The fourth-order valence-corrected chi connectivity index (χ4v) is 8.72. The maximum Gasteiger partial charge on any atom is 0.234 e. The van der Waals surface area contributed by atoms with Gasteiger partial charge in [-0.3, -0.25) is 24.7 Å². The van der Waals surface area contributed by atoms with Crippen LogP contribution in [0.4, 0.5) is 11.5 Å². The number of amides is 2. The average Bonchev–Trinajstić information content (AvgIpc) is 3.57. The average molecular weight is 712 g/mol. The summed E-state index contributed by atoms with van der Waals surface area (Å²) in [5.74, 6) is 1.42. The molecule has 2 aromatic heterocycles. The number of ether oxygens (including phenoxy) is 1. The van der Waals surface area contributed by atoms with Crippen molar-refractivity contribution in [2.24, 2.45) is 0 Å². The van der Waals surface area contributed by atoms with Crippen LogP contribution in [0.15, 0.2) is 85.2 Å². The zero-order chi connectivity index (χ0) is 35.9. The van der Waals surface area contributed by atoms with E-state index in [-0.39, 0.29) is 23.8 Å². The van der Waals surface area contributed by atoms with Gasteiger partial charge in [-0.25, -0.2) is 14.6 Å². The van der Waals surface area contributed by atoms with E-state index in [2.05, 4.69) is 58.9 Å². The maximum atomic E-state index is 12.3. The lowest BCUT2D eigenvalue weighted by molar-refractivity contribution is -0.134. The number of nitrogen functional groups attached to an aromatic ring is 1. The number of anilines is 2. The van der Waals surface area contributed by atoms with Gasteiger partial charge in [-0.1, -0.05) is 30.3 Å². The number of benzene rings is 3. The highest BCUT2D eigenvalue weighted by molar-refractivity contribution is 6.01. The number of para-hydroxylation sites is 1. The zero-order valence-electron chi connectivity index (χ0n) is 29.8. The van der Waals surface area contributed by atoms with Crippen molar-refractivity contribution in [1.82, 2.24) is 34.9 Å². The quantitative estimate of drug-likeness (QED) is 0.202. The van der Waals surface area contributed by atoms with E-state index in [4.69, 9.17) is 15.6 Å². The van der Waals surface area contributed by atoms with E-state index in [0.29, 0.717) is 30.7 Å². The first-order valence-corrected chi connectivity index (χ1v) is 19.0. The van der Waals surface area contributed by atoms with Crippen LogP contribution in [0.5, 0.6) is 11.5 Å². The number of fused-ring (bicyclic) bond motifs is 1. The van der Waals surface area contributed by atoms with Gasteiger partial charge in [0.25, 0.3) is 0 Å². The SMILES string of the molecule is Nc1ncnc2c1c(-c1ccc(Oc3ccccc3)cc1)nn2C1CCC(N2CCN(C3CN(c4ccc(C5CCC(=O)NC5=O)cc4)C3)CC2)CC1. The van der Waals surface area contributed by atoms with Gasteiger partial charge >= 0.3 is 0 Å². The lowest BCUT2D eigenvalue weighted by Gasteiger charge is -2.50. The Morgan fingerprint density at radius 3 is 2.08 bits per heavy atom. The topological polar surface area (TPSA) is 135 Å². The van der Waals surface area contributed by atoms with Crippen molar-refractivity contribution in [3.63, 3.8) is 0 Å². The standard InChI is InChI=1S/C41H45N9O3/c42-39-37-38(28-8-16-34(17-9-28)53-33-4-2-1-3-5-33)46-50(40(37)44-26-43-39)31-14-12-29(13-15-31)47-20-22-48(23-21-47)32-24-49(25-32)30-10-6-27(7-11-30)35-18-19-36(51)45-41(35)52/h1-11,16-17,26,29,31-32,35H,12-15,18-25H2,(H2,42,43,44)(H,45,51,52). The molecule has 272 valence electrons. The first kappa shape index (κ1) is 33.5. The molecule has 2 amide bonds. The Morgan fingerprint density at radius 2 is 1.38 bits per heavy atom. The third kappa shape index (κ3) is 6.73. The summed E-state index contributed by atoms with van der Waals surface area (Å²) in [6, 6.07) is 27.5. The zero-order valence-corrected chi connectivity index (χ0v) is 29.8. The first-order chi connectivity index (χ1) is 26.0. The molecule has 0 bridgehead atoms. The van der Waals surface area contributed by atoms with E-state index in [9.17, 15) is 9.59 Å². The van der Waals surface area contributed by atoms with Gasteiger partial charge in [-0.2, -0.15) is 5.10 Å². The molecule has 12 heteroatoms. The molecule has 53 heavy (non-hydrogen) atoms. The summed E-state index contributed by atoms with van der Waals surface area (Å²) in [5, 5.41) is 8.42. The molecular weight excluding hydrogens is 667 g/mol. The van der Waals surface area contributed by atoms with Crippen LogP contribution in [0.3, 0.4) is 0 Å². The number of hydrogen-bond donors (Lipinski definition) is 2. The second-order valence-electron chi connectivity index (χ2n) is 14.9. The Labute approximate surface area is 308 Å². The number of rotatable bonds is 8. The fraction of sp³-hybridized carbons (Fsp3) is 0.390. The van der Waals surface area contributed by atoms with Crippen LogP contribution in [0.25, 0.3) is 22.3 Å². The molecule has 1 unspecified atom stereocenters. The van der Waals surface area contributed by atoms with Crippen LogP contribution in [0.2, 0.25) is 0 Å². The minimum atomic E-state index is -0.236. The largest absolute Gasteiger partial charge is 0.457 e. The molecule has 9 rings (SSSR count). The summed E-state index contributed by atoms with van der Waals surface area (Å²) >= 11 is 0. The number of piperidine rings is 1. The normalized spacial score (nSPS) is 23.2. The molecule has 5 aromatic rings. The van der Waals surface area contributed by atoms with Crippen LogP contribution < -0.4 is 20.7 Å². The van der Waals surface area contributed by atoms with Crippen LogP contribution in [0, 0.1) is 0 Å². The fourth-order valence-electron chi connectivity index (χ4n) is 8.72. The Bertz CT molecular complexity index is 2080. The monoisotopic (exact) mass is 711 g/mol. The summed E-state index contributed by atoms with van der Waals surface area (Å²) in [6.45, 7) is 6.48. The molecule has 3 N–H and O–H groups in total. The molecular formula is C41H45N9O3. The molecule has 3 aliphatic heterocycles. The van der Waals surface area contributed by atoms with Crippen LogP contribution in [-0.2, 0) is 9.59 Å². The summed E-state index contributed by atoms with van der Waals surface area (Å²) in [6.07, 6.45) is 6.91. The second-order valence-corrected chi connectivity index (χ2v) is 14.9. The second kappa shape index (κ2) is 14.2. The lowest BCUT2D eigenvalue weighted by Crippen LogP contribution is -2.64. The summed E-state index contributed by atoms with van der Waals surface area (Å²) in [5.41, 5.74) is 11.2. The predicted octanol–water partition coefficient (Wildman–Crippen LogP) is 5.38. The van der Waals surface area contributed by atoms with Crippen LogP contribution >= 0.6 is 0 Å². The van der Waals surface area contributed by atoms with Gasteiger partial charge in [0.05, 0.1) is 17.3 Å². The molecule has 5 heterocycles. The van der Waals surface area contributed by atoms with Crippen molar-refractivity contribution in [3.8, 4) is 22.8 Å². The summed E-state index contributed by atoms with van der Waals surface area (Å²) in [7, 11) is 0. The van der Waals surface area contributed by atoms with Crippen LogP contribution in [-0.4, -0.2) is 92.7 Å². The molecule has 0 spiro atoms. The van der Waals surface area contributed by atoms with Gasteiger partial charge < -0.3 is 15.4 Å².